The van der Waals surface area contributed by atoms with Crippen molar-refractivity contribution in [3.8, 4) is 0 Å². The SMILES string of the molecule is CN1C[C@@]2(CCN(C(=O)c3ccc(N4CC(=O)NC4=O)cc3)C2)OC1=O. The van der Waals surface area contributed by atoms with Crippen LogP contribution < -0.4 is 10.2 Å². The van der Waals surface area contributed by atoms with Gasteiger partial charge in [0.05, 0.1) is 13.1 Å². The summed E-state index contributed by atoms with van der Waals surface area (Å²) in [5, 5.41) is 2.21. The molecule has 3 aliphatic heterocycles. The number of nitrogens with one attached hydrogen (secondary N) is 1. The summed E-state index contributed by atoms with van der Waals surface area (Å²) in [5.41, 5.74) is 0.415. The zero-order chi connectivity index (χ0) is 18.5. The molecule has 9 heteroatoms. The average Bonchev–Trinajstić information content (AvgIpc) is 3.25. The summed E-state index contributed by atoms with van der Waals surface area (Å²) < 4.78 is 5.46. The molecule has 3 aliphatic rings. The highest BCUT2D eigenvalue weighted by atomic mass is 16.6. The standard InChI is InChI=1S/C17H18N4O5/c1-19-9-17(26-16(19)25)6-7-20(10-17)14(23)11-2-4-12(5-3-11)21-8-13(22)18-15(21)24/h2-5H,6-10H2,1H3,(H,18,22,24)/t17-/m1/s1. The molecule has 1 aromatic carbocycles. The van der Waals surface area contributed by atoms with E-state index in [-0.39, 0.29) is 24.5 Å². The van der Waals surface area contributed by atoms with E-state index in [0.29, 0.717) is 37.3 Å². The number of imide groups is 1. The lowest BCUT2D eigenvalue weighted by Crippen LogP contribution is -2.39. The second-order valence-electron chi connectivity index (χ2n) is 6.87. The van der Waals surface area contributed by atoms with Crippen molar-refractivity contribution in [2.75, 3.05) is 38.1 Å². The van der Waals surface area contributed by atoms with Crippen molar-refractivity contribution in [1.82, 2.24) is 15.1 Å². The molecule has 136 valence electrons. The number of likely N-dealkylation sites (tertiary alicyclic amines) is 1. The van der Waals surface area contributed by atoms with Crippen LogP contribution in [0.25, 0.3) is 0 Å². The predicted molar refractivity (Wildman–Crippen MR) is 89.7 cm³/mol. The van der Waals surface area contributed by atoms with Crippen LogP contribution in [-0.4, -0.2) is 72.6 Å². The number of carbonyl (C=O) groups is 4. The van der Waals surface area contributed by atoms with Gasteiger partial charge in [-0.2, -0.15) is 0 Å². The van der Waals surface area contributed by atoms with Crippen molar-refractivity contribution in [1.29, 1.82) is 0 Å². The third-order valence-electron chi connectivity index (χ3n) is 4.96. The molecule has 3 fully saturated rings. The Balaban J connectivity index is 1.45. The Morgan fingerprint density at radius 1 is 1.15 bits per heavy atom. The minimum absolute atomic E-state index is 0.0281. The number of anilines is 1. The third-order valence-corrected chi connectivity index (χ3v) is 4.96. The Bertz CT molecular complexity index is 808. The molecule has 0 aromatic heterocycles. The Hall–Kier alpha value is -3.10. The van der Waals surface area contributed by atoms with Gasteiger partial charge in [-0.3, -0.25) is 19.8 Å². The highest BCUT2D eigenvalue weighted by Gasteiger charge is 2.49. The van der Waals surface area contributed by atoms with Gasteiger partial charge in [-0.15, -0.1) is 0 Å². The number of amides is 5. The second-order valence-corrected chi connectivity index (χ2v) is 6.87. The van der Waals surface area contributed by atoms with Gasteiger partial charge >= 0.3 is 12.1 Å². The van der Waals surface area contributed by atoms with Crippen LogP contribution in [0.4, 0.5) is 15.3 Å². The van der Waals surface area contributed by atoms with Gasteiger partial charge < -0.3 is 14.5 Å². The normalized spacial score (nSPS) is 25.3. The first-order chi connectivity index (χ1) is 12.4. The second kappa shape index (κ2) is 5.72. The minimum atomic E-state index is -0.616. The lowest BCUT2D eigenvalue weighted by molar-refractivity contribution is -0.117. The van der Waals surface area contributed by atoms with Gasteiger partial charge in [0.15, 0.2) is 5.60 Å². The van der Waals surface area contributed by atoms with Crippen LogP contribution in [-0.2, 0) is 9.53 Å². The molecule has 1 N–H and O–H groups in total. The zero-order valence-electron chi connectivity index (χ0n) is 14.2. The smallest absolute Gasteiger partial charge is 0.410 e. The third kappa shape index (κ3) is 2.65. The first-order valence-corrected chi connectivity index (χ1v) is 8.32. The fourth-order valence-corrected chi connectivity index (χ4v) is 3.64. The number of likely N-dealkylation sites (N-methyl/N-ethyl adjacent to an activating group) is 1. The first kappa shape index (κ1) is 16.4. The molecule has 0 bridgehead atoms. The van der Waals surface area contributed by atoms with Crippen LogP contribution in [0.2, 0.25) is 0 Å². The average molecular weight is 358 g/mol. The van der Waals surface area contributed by atoms with E-state index < -0.39 is 11.6 Å². The maximum atomic E-state index is 12.7. The van der Waals surface area contributed by atoms with E-state index in [1.54, 1.807) is 36.2 Å². The molecule has 0 unspecified atom stereocenters. The van der Waals surface area contributed by atoms with Crippen LogP contribution in [0.3, 0.4) is 0 Å². The molecule has 26 heavy (non-hydrogen) atoms. The van der Waals surface area contributed by atoms with Crippen molar-refractivity contribution in [3.63, 3.8) is 0 Å². The number of ether oxygens (including phenoxy) is 1. The molecule has 1 atom stereocenters. The first-order valence-electron chi connectivity index (χ1n) is 8.32. The molecule has 1 spiro atoms. The van der Waals surface area contributed by atoms with Crippen LogP contribution in [0, 0.1) is 0 Å². The number of urea groups is 1. The minimum Gasteiger partial charge on any atom is -0.439 e. The molecule has 9 nitrogen and oxygen atoms in total. The predicted octanol–water partition coefficient (Wildman–Crippen LogP) is 0.409. The maximum absolute atomic E-state index is 12.7. The van der Waals surface area contributed by atoms with E-state index >= 15 is 0 Å². The molecule has 4 rings (SSSR count). The van der Waals surface area contributed by atoms with E-state index in [0.717, 1.165) is 0 Å². The van der Waals surface area contributed by atoms with Gasteiger partial charge in [0.2, 0.25) is 5.91 Å². The van der Waals surface area contributed by atoms with Crippen LogP contribution >= 0.6 is 0 Å². The molecule has 3 saturated heterocycles. The fraction of sp³-hybridized carbons (Fsp3) is 0.412. The molecule has 0 aliphatic carbocycles. The van der Waals surface area contributed by atoms with E-state index in [4.69, 9.17) is 4.74 Å². The van der Waals surface area contributed by atoms with Crippen LogP contribution in [0.1, 0.15) is 16.8 Å². The van der Waals surface area contributed by atoms with Crippen molar-refractivity contribution >= 4 is 29.6 Å². The van der Waals surface area contributed by atoms with Gasteiger partial charge in [0, 0.05) is 31.3 Å². The number of hydrogen-bond acceptors (Lipinski definition) is 5. The van der Waals surface area contributed by atoms with E-state index in [9.17, 15) is 19.2 Å². The quantitative estimate of drug-likeness (QED) is 0.772. The molecule has 3 heterocycles. The van der Waals surface area contributed by atoms with Gasteiger partial charge in [-0.1, -0.05) is 0 Å². The number of carbonyl (C=O) groups excluding carboxylic acids is 4. The number of benzene rings is 1. The van der Waals surface area contributed by atoms with E-state index in [1.807, 2.05) is 0 Å². The summed E-state index contributed by atoms with van der Waals surface area (Å²) >= 11 is 0. The summed E-state index contributed by atoms with van der Waals surface area (Å²) in [6.07, 6.45) is 0.255. The molecular formula is C17H18N4O5. The Morgan fingerprint density at radius 2 is 1.88 bits per heavy atom. The van der Waals surface area contributed by atoms with Crippen LogP contribution in [0.15, 0.2) is 24.3 Å². The highest BCUT2D eigenvalue weighted by molar-refractivity contribution is 6.12. The van der Waals surface area contributed by atoms with E-state index in [2.05, 4.69) is 5.32 Å². The molecule has 0 radical (unpaired) electrons. The van der Waals surface area contributed by atoms with E-state index in [1.165, 1.54) is 9.80 Å². The number of rotatable bonds is 2. The molecule has 0 saturated carbocycles. The summed E-state index contributed by atoms with van der Waals surface area (Å²) in [4.78, 5) is 51.8. The van der Waals surface area contributed by atoms with Crippen molar-refractivity contribution < 1.29 is 23.9 Å². The Morgan fingerprint density at radius 3 is 2.46 bits per heavy atom. The highest BCUT2D eigenvalue weighted by Crippen LogP contribution is 2.32. The zero-order valence-corrected chi connectivity index (χ0v) is 14.2. The topological polar surface area (TPSA) is 99.3 Å². The number of hydrogen-bond donors (Lipinski definition) is 1. The lowest BCUT2D eigenvalue weighted by Gasteiger charge is -2.22. The van der Waals surface area contributed by atoms with Gasteiger partial charge in [0.25, 0.3) is 5.91 Å². The van der Waals surface area contributed by atoms with Gasteiger partial charge in [0.1, 0.15) is 6.54 Å². The van der Waals surface area contributed by atoms with Gasteiger partial charge in [-0.05, 0) is 24.3 Å². The van der Waals surface area contributed by atoms with Gasteiger partial charge in [-0.25, -0.2) is 9.59 Å². The summed E-state index contributed by atoms with van der Waals surface area (Å²) in [6.45, 7) is 1.34. The Kier molecular flexibility index (Phi) is 3.60. The van der Waals surface area contributed by atoms with Crippen LogP contribution in [0.5, 0.6) is 0 Å². The maximum Gasteiger partial charge on any atom is 0.410 e. The Labute approximate surface area is 149 Å². The summed E-state index contributed by atoms with van der Waals surface area (Å²) in [5.74, 6) is -0.505. The monoisotopic (exact) mass is 358 g/mol. The summed E-state index contributed by atoms with van der Waals surface area (Å²) in [6, 6.07) is 6.07. The summed E-state index contributed by atoms with van der Waals surface area (Å²) in [7, 11) is 1.68. The fourth-order valence-electron chi connectivity index (χ4n) is 3.64. The molecule has 5 amide bonds. The van der Waals surface area contributed by atoms with Crippen molar-refractivity contribution in [2.24, 2.45) is 0 Å². The lowest BCUT2D eigenvalue weighted by atomic mass is 10.0. The molecule has 1 aromatic rings. The molecular weight excluding hydrogens is 340 g/mol. The van der Waals surface area contributed by atoms with Crippen molar-refractivity contribution in [2.45, 2.75) is 12.0 Å². The largest absolute Gasteiger partial charge is 0.439 e. The van der Waals surface area contributed by atoms with Crippen molar-refractivity contribution in [3.05, 3.63) is 29.8 Å². The number of nitrogens with zero attached hydrogens (tertiary/aromatic N) is 3.